The molecule has 5 nitrogen and oxygen atoms in total. The molecule has 0 aliphatic heterocycles. The van der Waals surface area contributed by atoms with Crippen molar-refractivity contribution >= 4 is 27.6 Å². The topological polar surface area (TPSA) is 83.5 Å². The summed E-state index contributed by atoms with van der Waals surface area (Å²) in [6.07, 6.45) is 6.44. The maximum Gasteiger partial charge on any atom is 0.335 e. The lowest BCUT2D eigenvalue weighted by atomic mass is 10.2. The second kappa shape index (κ2) is 6.75. The molecule has 0 spiro atoms. The molecule has 0 saturated carbocycles. The van der Waals surface area contributed by atoms with Crippen molar-refractivity contribution in [2.24, 2.45) is 0 Å². The third kappa shape index (κ3) is 3.97. The first-order valence-electron chi connectivity index (χ1n) is 5.83. The number of halogens is 1. The van der Waals surface area contributed by atoms with Crippen molar-refractivity contribution in [2.45, 2.75) is 30.7 Å². The van der Waals surface area contributed by atoms with Crippen molar-refractivity contribution in [3.63, 3.8) is 0 Å². The highest BCUT2D eigenvalue weighted by Crippen LogP contribution is 2.23. The van der Waals surface area contributed by atoms with Crippen molar-refractivity contribution in [1.82, 2.24) is 4.72 Å². The maximum atomic E-state index is 12.2. The van der Waals surface area contributed by atoms with Crippen LogP contribution in [0, 0.1) is 12.3 Å². The number of carboxylic acids is 1. The van der Waals surface area contributed by atoms with Crippen LogP contribution >= 0.6 is 11.6 Å². The summed E-state index contributed by atoms with van der Waals surface area (Å²) in [6, 6.07) is 2.81. The Morgan fingerprint density at radius 2 is 2.20 bits per heavy atom. The fraction of sp³-hybridized carbons (Fsp3) is 0.308. The number of carboxylic acid groups (broad SMARTS) is 1. The molecule has 7 heteroatoms. The van der Waals surface area contributed by atoms with E-state index in [-0.39, 0.29) is 15.5 Å². The van der Waals surface area contributed by atoms with Crippen molar-refractivity contribution in [3.05, 3.63) is 28.8 Å². The molecule has 0 heterocycles. The van der Waals surface area contributed by atoms with E-state index in [9.17, 15) is 13.2 Å². The smallest absolute Gasteiger partial charge is 0.335 e. The van der Waals surface area contributed by atoms with Crippen LogP contribution in [0.3, 0.4) is 0 Å². The van der Waals surface area contributed by atoms with Crippen LogP contribution in [0.15, 0.2) is 23.1 Å². The summed E-state index contributed by atoms with van der Waals surface area (Å²) in [4.78, 5) is 10.6. The summed E-state index contributed by atoms with van der Waals surface area (Å²) < 4.78 is 26.7. The minimum atomic E-state index is -3.97. The van der Waals surface area contributed by atoms with E-state index in [0.717, 1.165) is 6.07 Å². The summed E-state index contributed by atoms with van der Waals surface area (Å²) in [5.74, 6) is 1.10. The summed E-state index contributed by atoms with van der Waals surface area (Å²) >= 11 is 5.83. The molecule has 2 N–H and O–H groups in total. The van der Waals surface area contributed by atoms with Gasteiger partial charge in [0.15, 0.2) is 0 Å². The molecular weight excluding hydrogens is 302 g/mol. The van der Waals surface area contributed by atoms with E-state index in [2.05, 4.69) is 10.6 Å². The Labute approximate surface area is 123 Å². The van der Waals surface area contributed by atoms with Gasteiger partial charge in [-0.2, -0.15) is 4.72 Å². The second-order valence-electron chi connectivity index (χ2n) is 4.08. The van der Waals surface area contributed by atoms with Gasteiger partial charge in [0.25, 0.3) is 0 Å². The van der Waals surface area contributed by atoms with Gasteiger partial charge >= 0.3 is 5.97 Å². The van der Waals surface area contributed by atoms with Crippen LogP contribution in [-0.4, -0.2) is 25.5 Å². The third-order valence-corrected chi connectivity index (χ3v) is 4.50. The molecule has 0 aliphatic carbocycles. The van der Waals surface area contributed by atoms with Crippen LogP contribution in [-0.2, 0) is 10.0 Å². The minimum absolute atomic E-state index is 0.0604. The number of rotatable bonds is 6. The Balaban J connectivity index is 3.18. The number of hydrogen-bond donors (Lipinski definition) is 2. The molecule has 1 rings (SSSR count). The zero-order chi connectivity index (χ0) is 15.3. The zero-order valence-corrected chi connectivity index (χ0v) is 12.3. The van der Waals surface area contributed by atoms with E-state index in [1.54, 1.807) is 0 Å². The number of aromatic carboxylic acids is 1. The Hall–Kier alpha value is -1.55. The van der Waals surface area contributed by atoms with Gasteiger partial charge in [0.2, 0.25) is 10.0 Å². The Morgan fingerprint density at radius 3 is 2.70 bits per heavy atom. The molecule has 1 atom stereocenters. The van der Waals surface area contributed by atoms with Crippen LogP contribution in [0.4, 0.5) is 0 Å². The number of benzene rings is 1. The molecule has 0 saturated heterocycles. The van der Waals surface area contributed by atoms with Crippen LogP contribution < -0.4 is 4.72 Å². The number of hydrogen-bond acceptors (Lipinski definition) is 3. The largest absolute Gasteiger partial charge is 0.478 e. The van der Waals surface area contributed by atoms with Crippen molar-refractivity contribution in [2.75, 3.05) is 0 Å². The highest BCUT2D eigenvalue weighted by atomic mass is 35.5. The predicted octanol–water partition coefficient (Wildman–Crippen LogP) is 2.12. The lowest BCUT2D eigenvalue weighted by molar-refractivity contribution is 0.0696. The van der Waals surface area contributed by atoms with Gasteiger partial charge in [-0.3, -0.25) is 0 Å². The number of carbonyl (C=O) groups is 1. The first-order chi connectivity index (χ1) is 9.31. The van der Waals surface area contributed by atoms with Crippen molar-refractivity contribution in [1.29, 1.82) is 0 Å². The van der Waals surface area contributed by atoms with E-state index in [1.807, 2.05) is 6.92 Å². The predicted molar refractivity (Wildman–Crippen MR) is 76.3 cm³/mol. The molecule has 0 aliphatic rings. The lowest BCUT2D eigenvalue weighted by Crippen LogP contribution is -2.33. The van der Waals surface area contributed by atoms with Crippen LogP contribution in [0.2, 0.25) is 5.02 Å². The maximum absolute atomic E-state index is 12.2. The highest BCUT2D eigenvalue weighted by Gasteiger charge is 2.22. The second-order valence-corrected chi connectivity index (χ2v) is 6.17. The quantitative estimate of drug-likeness (QED) is 0.788. The zero-order valence-electron chi connectivity index (χ0n) is 10.8. The molecule has 0 bridgehead atoms. The molecule has 20 heavy (non-hydrogen) atoms. The third-order valence-electron chi connectivity index (χ3n) is 2.54. The van der Waals surface area contributed by atoms with Crippen molar-refractivity contribution < 1.29 is 18.3 Å². The van der Waals surface area contributed by atoms with Gasteiger partial charge in [-0.05, 0) is 24.6 Å². The molecular formula is C13H14ClNO4S. The summed E-state index contributed by atoms with van der Waals surface area (Å²) in [6.45, 7) is 1.87. The van der Waals surface area contributed by atoms with Gasteiger partial charge in [-0.15, -0.1) is 6.42 Å². The van der Waals surface area contributed by atoms with E-state index < -0.39 is 22.0 Å². The standard InChI is InChI=1S/C13H14ClNO4S/c1-3-5-10(4-2)15-20(18,19)12-8-9(13(16)17)6-7-11(12)14/h2,6-8,10,15H,3,5H2,1H3,(H,16,17). The molecule has 1 aromatic rings. The van der Waals surface area contributed by atoms with E-state index in [4.69, 9.17) is 23.1 Å². The first-order valence-corrected chi connectivity index (χ1v) is 7.69. The normalized spacial score (nSPS) is 12.7. The van der Waals surface area contributed by atoms with Gasteiger partial charge in [-0.1, -0.05) is 30.9 Å². The monoisotopic (exact) mass is 315 g/mol. The molecule has 1 unspecified atom stereocenters. The van der Waals surface area contributed by atoms with Gasteiger partial charge in [0.1, 0.15) is 4.90 Å². The fourth-order valence-electron chi connectivity index (χ4n) is 1.56. The summed E-state index contributed by atoms with van der Waals surface area (Å²) in [7, 11) is -3.97. The Kier molecular flexibility index (Phi) is 5.57. The van der Waals surface area contributed by atoms with E-state index in [1.165, 1.54) is 12.1 Å². The molecule has 0 aromatic heterocycles. The van der Waals surface area contributed by atoms with Crippen LogP contribution in [0.25, 0.3) is 0 Å². The van der Waals surface area contributed by atoms with Gasteiger partial charge < -0.3 is 5.11 Å². The average molecular weight is 316 g/mol. The molecule has 1 aromatic carbocycles. The number of sulfonamides is 1. The minimum Gasteiger partial charge on any atom is -0.478 e. The van der Waals surface area contributed by atoms with E-state index >= 15 is 0 Å². The Bertz CT molecular complexity index is 649. The van der Waals surface area contributed by atoms with Crippen LogP contribution in [0.1, 0.15) is 30.1 Å². The fourth-order valence-corrected chi connectivity index (χ4v) is 3.27. The van der Waals surface area contributed by atoms with E-state index in [0.29, 0.717) is 12.8 Å². The average Bonchev–Trinajstić information content (AvgIpc) is 2.37. The van der Waals surface area contributed by atoms with Crippen LogP contribution in [0.5, 0.6) is 0 Å². The van der Waals surface area contributed by atoms with Gasteiger partial charge in [0, 0.05) is 0 Å². The SMILES string of the molecule is C#CC(CCC)NS(=O)(=O)c1cc(C(=O)O)ccc1Cl. The highest BCUT2D eigenvalue weighted by molar-refractivity contribution is 7.89. The van der Waals surface area contributed by atoms with Gasteiger partial charge in [-0.25, -0.2) is 13.2 Å². The molecule has 0 radical (unpaired) electrons. The summed E-state index contributed by atoms with van der Waals surface area (Å²) in [5.41, 5.74) is -0.164. The number of terminal acetylenes is 1. The summed E-state index contributed by atoms with van der Waals surface area (Å²) in [5, 5.41) is 8.83. The molecule has 0 fully saturated rings. The molecule has 0 amide bonds. The Morgan fingerprint density at radius 1 is 1.55 bits per heavy atom. The first kappa shape index (κ1) is 16.5. The molecule has 108 valence electrons. The van der Waals surface area contributed by atoms with Crippen molar-refractivity contribution in [3.8, 4) is 12.3 Å². The van der Waals surface area contributed by atoms with Gasteiger partial charge in [0.05, 0.1) is 16.6 Å². The number of nitrogens with one attached hydrogen (secondary N) is 1. The lowest BCUT2D eigenvalue weighted by Gasteiger charge is -2.13.